The van der Waals surface area contributed by atoms with Crippen molar-refractivity contribution in [1.29, 1.82) is 0 Å². The summed E-state index contributed by atoms with van der Waals surface area (Å²) in [6, 6.07) is 0. The van der Waals surface area contributed by atoms with Crippen LogP contribution < -0.4 is 0 Å². The fourth-order valence-electron chi connectivity index (χ4n) is 0.162. The average molecular weight is 175 g/mol. The average Bonchev–Trinajstić information content (AvgIpc) is 1.21. The van der Waals surface area contributed by atoms with Gasteiger partial charge in [-0.3, -0.25) is 0 Å². The van der Waals surface area contributed by atoms with E-state index in [2.05, 4.69) is 0 Å². The first kappa shape index (κ1) is 8.27. The van der Waals surface area contributed by atoms with Gasteiger partial charge >= 0.3 is 0 Å². The van der Waals surface area contributed by atoms with Gasteiger partial charge in [0.05, 0.1) is 5.41 Å². The van der Waals surface area contributed by atoms with E-state index in [1.54, 1.807) is 0 Å². The summed E-state index contributed by atoms with van der Waals surface area (Å²) in [6.07, 6.45) is 1.01. The van der Waals surface area contributed by atoms with Crippen molar-refractivity contribution in [2.45, 2.75) is 0 Å². The molecule has 0 fully saturated rings. The van der Waals surface area contributed by atoms with Crippen molar-refractivity contribution >= 4 is 33.0 Å². The molecule has 5 heteroatoms. The van der Waals surface area contributed by atoms with Gasteiger partial charge in [-0.15, -0.1) is 0 Å². The van der Waals surface area contributed by atoms with Crippen LogP contribution in [-0.4, -0.2) is 14.7 Å². The molecule has 0 spiro atoms. The molecule has 0 aromatic carbocycles. The van der Waals surface area contributed by atoms with Crippen LogP contribution in [0, 0.1) is 0 Å². The van der Waals surface area contributed by atoms with E-state index in [0.29, 0.717) is 0 Å². The summed E-state index contributed by atoms with van der Waals surface area (Å²) in [6.45, 7) is 0. The second-order valence-electron chi connectivity index (χ2n) is 1.24. The Labute approximate surface area is 58.0 Å². The zero-order valence-electron chi connectivity index (χ0n) is 4.06. The molecule has 0 saturated heterocycles. The summed E-state index contributed by atoms with van der Waals surface area (Å²) >= 11 is 10.0. The molecular weight excluding hydrogens is 171 g/mol. The lowest BCUT2D eigenvalue weighted by molar-refractivity contribution is 0.610. The fourth-order valence-corrected chi connectivity index (χ4v) is 1.46. The van der Waals surface area contributed by atoms with Crippen LogP contribution in [0.1, 0.15) is 0 Å². The number of halogens is 2. The first-order valence-corrected chi connectivity index (χ1v) is 4.35. The Morgan fingerprint density at radius 3 is 1.88 bits per heavy atom. The van der Waals surface area contributed by atoms with Crippen LogP contribution >= 0.6 is 23.2 Å². The molecule has 0 aliphatic heterocycles. The molecule has 0 amide bonds. The molecule has 8 heavy (non-hydrogen) atoms. The Morgan fingerprint density at radius 2 is 1.88 bits per heavy atom. The molecule has 0 saturated carbocycles. The largest absolute Gasteiger partial charge is 0.225 e. The summed E-state index contributed by atoms with van der Waals surface area (Å²) in [4.78, 5) is 0. The standard InChI is InChI=1S/C3H4Cl2O2S/c1-8(6,7)2-3(4)5/h2H,1H3. The maximum atomic E-state index is 10.2. The normalized spacial score (nSPS) is 10.9. The summed E-state index contributed by atoms with van der Waals surface area (Å²) < 4.78 is 20.1. The van der Waals surface area contributed by atoms with Gasteiger partial charge in [0.1, 0.15) is 4.49 Å². The molecule has 0 aromatic rings. The highest BCUT2D eigenvalue weighted by Gasteiger charge is 1.94. The predicted octanol–water partition coefficient (Wildman–Crippen LogP) is 1.31. The second-order valence-corrected chi connectivity index (χ2v) is 4.14. The molecule has 0 radical (unpaired) electrons. The van der Waals surface area contributed by atoms with E-state index < -0.39 is 9.84 Å². The molecule has 0 heterocycles. The molecule has 0 bridgehead atoms. The topological polar surface area (TPSA) is 34.1 Å². The molecule has 2 nitrogen and oxygen atoms in total. The van der Waals surface area contributed by atoms with Crippen molar-refractivity contribution in [2.24, 2.45) is 0 Å². The maximum absolute atomic E-state index is 10.2. The first-order chi connectivity index (χ1) is 3.42. The third kappa shape index (κ3) is 6.27. The highest BCUT2D eigenvalue weighted by atomic mass is 35.5. The summed E-state index contributed by atoms with van der Waals surface area (Å²) in [5.74, 6) is 0. The first-order valence-electron chi connectivity index (χ1n) is 1.64. The number of sulfone groups is 1. The smallest absolute Gasteiger partial charge is 0.171 e. The molecule has 0 N–H and O–H groups in total. The molecule has 0 aromatic heterocycles. The van der Waals surface area contributed by atoms with E-state index in [4.69, 9.17) is 23.2 Å². The monoisotopic (exact) mass is 174 g/mol. The Hall–Kier alpha value is 0.270. The van der Waals surface area contributed by atoms with Gasteiger partial charge in [0, 0.05) is 6.26 Å². The van der Waals surface area contributed by atoms with E-state index in [1.165, 1.54) is 0 Å². The van der Waals surface area contributed by atoms with Crippen molar-refractivity contribution in [3.8, 4) is 0 Å². The lowest BCUT2D eigenvalue weighted by Crippen LogP contribution is -1.87. The van der Waals surface area contributed by atoms with E-state index in [0.717, 1.165) is 11.7 Å². The van der Waals surface area contributed by atoms with Crippen molar-refractivity contribution in [3.05, 3.63) is 9.90 Å². The minimum Gasteiger partial charge on any atom is -0.225 e. The summed E-state index contributed by atoms with van der Waals surface area (Å²) in [5.41, 5.74) is 0. The quantitative estimate of drug-likeness (QED) is 0.601. The predicted molar refractivity (Wildman–Crippen MR) is 34.6 cm³/mol. The highest BCUT2D eigenvalue weighted by Crippen LogP contribution is 2.07. The highest BCUT2D eigenvalue weighted by molar-refractivity contribution is 7.93. The van der Waals surface area contributed by atoms with Crippen LogP contribution in [0.2, 0.25) is 0 Å². The number of hydrogen-bond donors (Lipinski definition) is 0. The van der Waals surface area contributed by atoms with Gasteiger partial charge in [-0.25, -0.2) is 8.42 Å². The number of rotatable bonds is 1. The van der Waals surface area contributed by atoms with Crippen molar-refractivity contribution in [2.75, 3.05) is 6.26 Å². The molecule has 0 aliphatic carbocycles. The van der Waals surface area contributed by atoms with E-state index >= 15 is 0 Å². The Kier molecular flexibility index (Phi) is 2.80. The zero-order valence-corrected chi connectivity index (χ0v) is 6.39. The van der Waals surface area contributed by atoms with Crippen molar-refractivity contribution in [3.63, 3.8) is 0 Å². The SMILES string of the molecule is CS(=O)(=O)C=C(Cl)Cl. The van der Waals surface area contributed by atoms with Crippen LogP contribution in [0.5, 0.6) is 0 Å². The van der Waals surface area contributed by atoms with Gasteiger partial charge in [-0.2, -0.15) is 0 Å². The molecule has 0 atom stereocenters. The zero-order chi connectivity index (χ0) is 6.78. The van der Waals surface area contributed by atoms with Crippen LogP contribution in [0.15, 0.2) is 9.90 Å². The lowest BCUT2D eigenvalue weighted by Gasteiger charge is -1.81. The molecule has 0 unspecified atom stereocenters. The Morgan fingerprint density at radius 1 is 1.50 bits per heavy atom. The van der Waals surface area contributed by atoms with Gasteiger partial charge in [-0.1, -0.05) is 23.2 Å². The van der Waals surface area contributed by atoms with Gasteiger partial charge in [0.15, 0.2) is 9.84 Å². The van der Waals surface area contributed by atoms with Crippen LogP contribution in [0.25, 0.3) is 0 Å². The van der Waals surface area contributed by atoms with Gasteiger partial charge in [0.2, 0.25) is 0 Å². The minimum absolute atomic E-state index is 0.243. The van der Waals surface area contributed by atoms with E-state index in [-0.39, 0.29) is 4.49 Å². The summed E-state index contributed by atoms with van der Waals surface area (Å²) in [5, 5.41) is 0.774. The van der Waals surface area contributed by atoms with Gasteiger partial charge in [-0.05, 0) is 0 Å². The van der Waals surface area contributed by atoms with Crippen molar-refractivity contribution in [1.82, 2.24) is 0 Å². The lowest BCUT2D eigenvalue weighted by atomic mass is 11.2. The van der Waals surface area contributed by atoms with Crippen LogP contribution in [-0.2, 0) is 9.84 Å². The molecule has 48 valence electrons. The van der Waals surface area contributed by atoms with Crippen LogP contribution in [0.4, 0.5) is 0 Å². The summed E-state index contributed by atoms with van der Waals surface area (Å²) in [7, 11) is -3.15. The third-order valence-electron chi connectivity index (χ3n) is 0.303. The third-order valence-corrected chi connectivity index (χ3v) is 1.44. The van der Waals surface area contributed by atoms with Gasteiger partial charge < -0.3 is 0 Å². The van der Waals surface area contributed by atoms with Crippen molar-refractivity contribution < 1.29 is 8.42 Å². The molecular formula is C3H4Cl2O2S. The maximum Gasteiger partial charge on any atom is 0.171 e. The van der Waals surface area contributed by atoms with E-state index in [9.17, 15) is 8.42 Å². The fraction of sp³-hybridized carbons (Fsp3) is 0.333. The molecule has 0 aliphatic rings. The second kappa shape index (κ2) is 2.71. The Bertz CT molecular complexity index is 187. The van der Waals surface area contributed by atoms with Gasteiger partial charge in [0.25, 0.3) is 0 Å². The number of hydrogen-bond acceptors (Lipinski definition) is 2. The molecule has 0 rings (SSSR count). The van der Waals surface area contributed by atoms with E-state index in [1.807, 2.05) is 0 Å². The Balaban J connectivity index is 4.36. The minimum atomic E-state index is -3.15. The van der Waals surface area contributed by atoms with Crippen LogP contribution in [0.3, 0.4) is 0 Å².